The molecule has 0 aliphatic carbocycles. The van der Waals surface area contributed by atoms with E-state index in [4.69, 9.17) is 22.1 Å². The molecule has 1 amide bonds. The van der Waals surface area contributed by atoms with E-state index in [2.05, 4.69) is 20.7 Å². The molecule has 0 aliphatic rings. The third kappa shape index (κ3) is 4.62. The predicted octanol–water partition coefficient (Wildman–Crippen LogP) is 3.08. The molecule has 6 nitrogen and oxygen atoms in total. The molecule has 3 N–H and O–H groups in total. The van der Waals surface area contributed by atoms with Gasteiger partial charge >= 0.3 is 0 Å². The van der Waals surface area contributed by atoms with Crippen molar-refractivity contribution in [2.45, 2.75) is 11.8 Å². The van der Waals surface area contributed by atoms with Crippen LogP contribution in [-0.4, -0.2) is 20.9 Å². The highest BCUT2D eigenvalue weighted by atomic mass is 79.9. The second-order valence-corrected chi connectivity index (χ2v) is 7.89. The van der Waals surface area contributed by atoms with Gasteiger partial charge in [-0.15, -0.1) is 0 Å². The Labute approximate surface area is 153 Å². The first kappa shape index (κ1) is 18.6. The van der Waals surface area contributed by atoms with Crippen LogP contribution in [0.5, 0.6) is 5.75 Å². The zero-order valence-electron chi connectivity index (χ0n) is 12.5. The van der Waals surface area contributed by atoms with Crippen LogP contribution >= 0.6 is 27.5 Å². The molecule has 0 aromatic heterocycles. The van der Waals surface area contributed by atoms with Crippen molar-refractivity contribution < 1.29 is 17.9 Å². The number of amides is 1. The van der Waals surface area contributed by atoms with Crippen LogP contribution in [0, 0.1) is 6.92 Å². The Morgan fingerprint density at radius 3 is 2.67 bits per heavy atom. The second-order valence-electron chi connectivity index (χ2n) is 4.92. The molecule has 2 rings (SSSR count). The molecular formula is C15H14BrClN2O4S. The maximum atomic E-state index is 12.6. The molecule has 0 saturated heterocycles. The van der Waals surface area contributed by atoms with E-state index in [1.165, 1.54) is 12.1 Å². The largest absolute Gasteiger partial charge is 0.483 e. The second kappa shape index (κ2) is 7.42. The van der Waals surface area contributed by atoms with Gasteiger partial charge in [0.1, 0.15) is 10.6 Å². The summed E-state index contributed by atoms with van der Waals surface area (Å²) in [6, 6.07) is 9.40. The SMILES string of the molecule is Cc1cc(Cl)c(S(=O)(=O)Nc2cccc(Br)c2)cc1OCC(N)=O. The monoisotopic (exact) mass is 432 g/mol. The topological polar surface area (TPSA) is 98.5 Å². The zero-order chi connectivity index (χ0) is 17.9. The highest BCUT2D eigenvalue weighted by molar-refractivity contribution is 9.10. The van der Waals surface area contributed by atoms with Gasteiger partial charge in [0.25, 0.3) is 15.9 Å². The van der Waals surface area contributed by atoms with Crippen LogP contribution < -0.4 is 15.2 Å². The summed E-state index contributed by atoms with van der Waals surface area (Å²) in [5.74, 6) is -0.450. The number of ether oxygens (including phenoxy) is 1. The van der Waals surface area contributed by atoms with E-state index in [0.717, 1.165) is 4.47 Å². The van der Waals surface area contributed by atoms with E-state index in [-0.39, 0.29) is 22.3 Å². The fourth-order valence-corrected chi connectivity index (χ4v) is 3.95. The van der Waals surface area contributed by atoms with Gasteiger partial charge in [-0.3, -0.25) is 9.52 Å². The number of halogens is 2. The van der Waals surface area contributed by atoms with Gasteiger partial charge in [0.05, 0.1) is 5.02 Å². The van der Waals surface area contributed by atoms with Gasteiger partial charge in [-0.05, 0) is 36.8 Å². The lowest BCUT2D eigenvalue weighted by Crippen LogP contribution is -2.20. The van der Waals surface area contributed by atoms with E-state index in [1.54, 1.807) is 31.2 Å². The number of nitrogens with two attached hydrogens (primary N) is 1. The van der Waals surface area contributed by atoms with Crippen LogP contribution in [0.1, 0.15) is 5.56 Å². The highest BCUT2D eigenvalue weighted by Crippen LogP contribution is 2.31. The molecule has 2 aromatic rings. The molecule has 0 bridgehead atoms. The van der Waals surface area contributed by atoms with Crippen LogP contribution in [0.4, 0.5) is 5.69 Å². The lowest BCUT2D eigenvalue weighted by Gasteiger charge is -2.13. The van der Waals surface area contributed by atoms with Gasteiger partial charge in [-0.2, -0.15) is 0 Å². The number of primary amides is 1. The quantitative estimate of drug-likeness (QED) is 0.731. The molecule has 128 valence electrons. The van der Waals surface area contributed by atoms with Crippen molar-refractivity contribution in [1.29, 1.82) is 0 Å². The van der Waals surface area contributed by atoms with Gasteiger partial charge in [0.15, 0.2) is 6.61 Å². The summed E-state index contributed by atoms with van der Waals surface area (Å²) in [4.78, 5) is 10.7. The third-order valence-electron chi connectivity index (χ3n) is 2.97. The predicted molar refractivity (Wildman–Crippen MR) is 95.8 cm³/mol. The smallest absolute Gasteiger partial charge is 0.263 e. The van der Waals surface area contributed by atoms with Gasteiger partial charge in [-0.1, -0.05) is 33.6 Å². The van der Waals surface area contributed by atoms with E-state index >= 15 is 0 Å². The summed E-state index contributed by atoms with van der Waals surface area (Å²) >= 11 is 9.34. The van der Waals surface area contributed by atoms with Crippen molar-refractivity contribution >= 4 is 49.1 Å². The minimum Gasteiger partial charge on any atom is -0.483 e. The van der Waals surface area contributed by atoms with E-state index in [9.17, 15) is 13.2 Å². The Balaban J connectivity index is 2.38. The molecule has 24 heavy (non-hydrogen) atoms. The number of hydrogen-bond acceptors (Lipinski definition) is 4. The molecule has 0 saturated carbocycles. The Bertz CT molecular complexity index is 887. The number of hydrogen-bond donors (Lipinski definition) is 2. The van der Waals surface area contributed by atoms with Crippen LogP contribution in [0.15, 0.2) is 45.8 Å². The number of anilines is 1. The molecule has 0 fully saturated rings. The van der Waals surface area contributed by atoms with Crippen LogP contribution in [0.3, 0.4) is 0 Å². The van der Waals surface area contributed by atoms with Crippen molar-refractivity contribution in [3.63, 3.8) is 0 Å². The van der Waals surface area contributed by atoms with E-state index in [1.807, 2.05) is 0 Å². The van der Waals surface area contributed by atoms with Crippen LogP contribution in [-0.2, 0) is 14.8 Å². The minimum absolute atomic E-state index is 0.0430. The first-order valence-electron chi connectivity index (χ1n) is 6.68. The average molecular weight is 434 g/mol. The van der Waals surface area contributed by atoms with E-state index in [0.29, 0.717) is 11.3 Å². The molecule has 0 atom stereocenters. The first-order chi connectivity index (χ1) is 11.2. The molecule has 0 spiro atoms. The normalized spacial score (nSPS) is 11.1. The van der Waals surface area contributed by atoms with E-state index < -0.39 is 15.9 Å². The molecule has 0 heterocycles. The third-order valence-corrected chi connectivity index (χ3v) is 5.30. The maximum Gasteiger partial charge on any atom is 0.263 e. The lowest BCUT2D eigenvalue weighted by molar-refractivity contribution is -0.119. The van der Waals surface area contributed by atoms with Crippen molar-refractivity contribution in [3.05, 3.63) is 51.5 Å². The first-order valence-corrected chi connectivity index (χ1v) is 9.34. The summed E-state index contributed by atoms with van der Waals surface area (Å²) in [5, 5.41) is 0.0430. The fraction of sp³-hybridized carbons (Fsp3) is 0.133. The Morgan fingerprint density at radius 1 is 1.33 bits per heavy atom. The van der Waals surface area contributed by atoms with Gasteiger partial charge in [-0.25, -0.2) is 8.42 Å². The molecule has 2 aromatic carbocycles. The molecule has 0 aliphatic heterocycles. The Morgan fingerprint density at radius 2 is 2.04 bits per heavy atom. The molecular weight excluding hydrogens is 420 g/mol. The standard InChI is InChI=1S/C15H14BrClN2O4S/c1-9-5-12(17)14(7-13(9)23-8-15(18)20)24(21,22)19-11-4-2-3-10(16)6-11/h2-7,19H,8H2,1H3,(H2,18,20). The summed E-state index contributed by atoms with van der Waals surface area (Å²) in [6.07, 6.45) is 0. The number of rotatable bonds is 6. The van der Waals surface area contributed by atoms with Crippen LogP contribution in [0.25, 0.3) is 0 Å². The molecule has 0 radical (unpaired) electrons. The fourth-order valence-electron chi connectivity index (χ4n) is 1.91. The minimum atomic E-state index is -3.94. The number of aryl methyl sites for hydroxylation is 1. The summed E-state index contributed by atoms with van der Waals surface area (Å²) in [5.41, 5.74) is 6.00. The number of sulfonamides is 1. The number of carbonyl (C=O) groups excluding carboxylic acids is 1. The highest BCUT2D eigenvalue weighted by Gasteiger charge is 2.21. The van der Waals surface area contributed by atoms with Crippen LogP contribution in [0.2, 0.25) is 5.02 Å². The summed E-state index contributed by atoms with van der Waals surface area (Å²) in [7, 11) is -3.94. The number of nitrogens with one attached hydrogen (secondary N) is 1. The molecule has 0 unspecified atom stereocenters. The summed E-state index contributed by atoms with van der Waals surface area (Å²) < 4.78 is 33.5. The van der Waals surface area contributed by atoms with Crippen molar-refractivity contribution in [1.82, 2.24) is 0 Å². The van der Waals surface area contributed by atoms with Crippen molar-refractivity contribution in [2.75, 3.05) is 11.3 Å². The Hall–Kier alpha value is -1.77. The lowest BCUT2D eigenvalue weighted by atomic mass is 10.2. The van der Waals surface area contributed by atoms with Crippen molar-refractivity contribution in [3.8, 4) is 5.75 Å². The van der Waals surface area contributed by atoms with Crippen molar-refractivity contribution in [2.24, 2.45) is 5.73 Å². The zero-order valence-corrected chi connectivity index (χ0v) is 15.7. The number of benzene rings is 2. The number of carbonyl (C=O) groups is 1. The van der Waals surface area contributed by atoms with Gasteiger partial charge in [0.2, 0.25) is 0 Å². The molecule has 9 heteroatoms. The Kier molecular flexibility index (Phi) is 5.74. The summed E-state index contributed by atoms with van der Waals surface area (Å²) in [6.45, 7) is 1.32. The van der Waals surface area contributed by atoms with Gasteiger partial charge in [0, 0.05) is 16.2 Å². The maximum absolute atomic E-state index is 12.6. The van der Waals surface area contributed by atoms with Gasteiger partial charge < -0.3 is 10.5 Å². The average Bonchev–Trinajstić information content (AvgIpc) is 2.45.